The normalized spacial score (nSPS) is 11.1. The van der Waals surface area contributed by atoms with Crippen LogP contribution in [0.3, 0.4) is 0 Å². The Hall–Kier alpha value is -2.40. The van der Waals surface area contributed by atoms with Crippen molar-refractivity contribution in [3.63, 3.8) is 0 Å². The van der Waals surface area contributed by atoms with Crippen molar-refractivity contribution >= 4 is 0 Å². The Kier molecular flexibility index (Phi) is 3.89. The summed E-state index contributed by atoms with van der Waals surface area (Å²) in [6.45, 7) is 2.25. The van der Waals surface area contributed by atoms with E-state index in [0.717, 1.165) is 18.8 Å². The fraction of sp³-hybridized carbons (Fsp3) is 0.200. The van der Waals surface area contributed by atoms with Crippen molar-refractivity contribution in [1.29, 1.82) is 0 Å². The van der Waals surface area contributed by atoms with Gasteiger partial charge in [0, 0.05) is 6.54 Å². The second-order valence-electron chi connectivity index (χ2n) is 4.63. The number of benzene rings is 1. The SMILES string of the molecule is c1ccc(CN(Cc2ccco2)Cn2cncn2)cc1. The van der Waals surface area contributed by atoms with Gasteiger partial charge in [-0.2, -0.15) is 5.10 Å². The minimum absolute atomic E-state index is 0.676. The van der Waals surface area contributed by atoms with Gasteiger partial charge in [0.05, 0.1) is 19.5 Å². The van der Waals surface area contributed by atoms with Crippen LogP contribution in [0.4, 0.5) is 0 Å². The summed E-state index contributed by atoms with van der Waals surface area (Å²) >= 11 is 0. The molecule has 0 saturated heterocycles. The molecular weight excluding hydrogens is 252 g/mol. The predicted octanol–water partition coefficient (Wildman–Crippen LogP) is 2.53. The lowest BCUT2D eigenvalue weighted by molar-refractivity contribution is 0.175. The quantitative estimate of drug-likeness (QED) is 0.689. The zero-order valence-electron chi connectivity index (χ0n) is 11.1. The summed E-state index contributed by atoms with van der Waals surface area (Å²) in [4.78, 5) is 6.23. The third-order valence-corrected chi connectivity index (χ3v) is 3.02. The van der Waals surface area contributed by atoms with Crippen LogP contribution in [0.2, 0.25) is 0 Å². The third-order valence-electron chi connectivity index (χ3n) is 3.02. The van der Waals surface area contributed by atoms with E-state index < -0.39 is 0 Å². The smallest absolute Gasteiger partial charge is 0.137 e. The van der Waals surface area contributed by atoms with Gasteiger partial charge in [0.25, 0.3) is 0 Å². The van der Waals surface area contributed by atoms with Gasteiger partial charge in [-0.25, -0.2) is 9.67 Å². The van der Waals surface area contributed by atoms with Crippen molar-refractivity contribution < 1.29 is 4.42 Å². The van der Waals surface area contributed by atoms with Gasteiger partial charge >= 0.3 is 0 Å². The van der Waals surface area contributed by atoms with Crippen LogP contribution in [0.15, 0.2) is 65.8 Å². The first-order valence-electron chi connectivity index (χ1n) is 6.51. The van der Waals surface area contributed by atoms with Crippen LogP contribution in [0.5, 0.6) is 0 Å². The van der Waals surface area contributed by atoms with E-state index in [1.165, 1.54) is 5.56 Å². The highest BCUT2D eigenvalue weighted by molar-refractivity contribution is 5.14. The highest BCUT2D eigenvalue weighted by Gasteiger charge is 2.10. The zero-order chi connectivity index (χ0) is 13.6. The molecule has 5 nitrogen and oxygen atoms in total. The summed E-state index contributed by atoms with van der Waals surface area (Å²) in [5, 5.41) is 4.16. The Labute approximate surface area is 117 Å². The molecular formula is C15H16N4O. The average molecular weight is 268 g/mol. The van der Waals surface area contributed by atoms with E-state index in [0.29, 0.717) is 6.67 Å². The fourth-order valence-corrected chi connectivity index (χ4v) is 2.13. The summed E-state index contributed by atoms with van der Waals surface area (Å²) in [5.41, 5.74) is 1.26. The van der Waals surface area contributed by atoms with E-state index in [2.05, 4.69) is 39.2 Å². The Balaban J connectivity index is 1.72. The summed E-state index contributed by atoms with van der Waals surface area (Å²) in [5.74, 6) is 0.945. The lowest BCUT2D eigenvalue weighted by Crippen LogP contribution is -2.25. The van der Waals surface area contributed by atoms with Gasteiger partial charge in [-0.15, -0.1) is 0 Å². The average Bonchev–Trinajstić information content (AvgIpc) is 3.13. The number of nitrogens with zero attached hydrogens (tertiary/aromatic N) is 4. The molecule has 3 rings (SSSR count). The van der Waals surface area contributed by atoms with Crippen molar-refractivity contribution in [1.82, 2.24) is 19.7 Å². The van der Waals surface area contributed by atoms with Crippen LogP contribution in [0, 0.1) is 0 Å². The number of rotatable bonds is 6. The van der Waals surface area contributed by atoms with Gasteiger partial charge in [0.2, 0.25) is 0 Å². The highest BCUT2D eigenvalue weighted by Crippen LogP contribution is 2.11. The number of furan rings is 1. The van der Waals surface area contributed by atoms with Gasteiger partial charge in [0.1, 0.15) is 18.4 Å². The Morgan fingerprint density at radius 1 is 1.05 bits per heavy atom. The molecule has 3 aromatic rings. The fourth-order valence-electron chi connectivity index (χ4n) is 2.13. The molecule has 0 bridgehead atoms. The highest BCUT2D eigenvalue weighted by atomic mass is 16.3. The van der Waals surface area contributed by atoms with Gasteiger partial charge in [-0.05, 0) is 17.7 Å². The molecule has 0 saturated carbocycles. The van der Waals surface area contributed by atoms with E-state index in [-0.39, 0.29) is 0 Å². The first-order valence-corrected chi connectivity index (χ1v) is 6.51. The summed E-state index contributed by atoms with van der Waals surface area (Å²) in [7, 11) is 0. The van der Waals surface area contributed by atoms with Crippen LogP contribution in [0.25, 0.3) is 0 Å². The molecule has 0 aliphatic heterocycles. The van der Waals surface area contributed by atoms with Crippen molar-refractivity contribution in [2.75, 3.05) is 0 Å². The number of hydrogen-bond acceptors (Lipinski definition) is 4. The van der Waals surface area contributed by atoms with Crippen LogP contribution in [-0.2, 0) is 19.8 Å². The molecule has 0 spiro atoms. The van der Waals surface area contributed by atoms with Gasteiger partial charge in [-0.3, -0.25) is 4.90 Å². The van der Waals surface area contributed by atoms with E-state index >= 15 is 0 Å². The molecule has 2 aromatic heterocycles. The topological polar surface area (TPSA) is 47.1 Å². The molecule has 0 radical (unpaired) electrons. The maximum atomic E-state index is 5.43. The molecule has 0 atom stereocenters. The summed E-state index contributed by atoms with van der Waals surface area (Å²) in [6.07, 6.45) is 4.97. The minimum Gasteiger partial charge on any atom is -0.468 e. The van der Waals surface area contributed by atoms with Crippen molar-refractivity contribution in [3.05, 3.63) is 72.7 Å². The third kappa shape index (κ3) is 3.33. The van der Waals surface area contributed by atoms with Crippen LogP contribution >= 0.6 is 0 Å². The Bertz CT molecular complexity index is 568. The lowest BCUT2D eigenvalue weighted by Gasteiger charge is -2.21. The van der Waals surface area contributed by atoms with Crippen molar-refractivity contribution in [2.45, 2.75) is 19.8 Å². The summed E-state index contributed by atoms with van der Waals surface area (Å²) < 4.78 is 7.25. The van der Waals surface area contributed by atoms with Crippen LogP contribution in [-0.4, -0.2) is 19.7 Å². The first-order chi connectivity index (χ1) is 9.90. The molecule has 20 heavy (non-hydrogen) atoms. The number of aromatic nitrogens is 3. The van der Waals surface area contributed by atoms with Gasteiger partial charge in [-0.1, -0.05) is 30.3 Å². The molecule has 0 aliphatic carbocycles. The van der Waals surface area contributed by atoms with Crippen LogP contribution in [0.1, 0.15) is 11.3 Å². The van der Waals surface area contributed by atoms with Gasteiger partial charge < -0.3 is 4.42 Å². The van der Waals surface area contributed by atoms with Crippen LogP contribution < -0.4 is 0 Å². The molecule has 1 aromatic carbocycles. The second-order valence-corrected chi connectivity index (χ2v) is 4.63. The Morgan fingerprint density at radius 2 is 1.95 bits per heavy atom. The molecule has 0 N–H and O–H groups in total. The van der Waals surface area contributed by atoms with Gasteiger partial charge in [0.15, 0.2) is 0 Å². The maximum absolute atomic E-state index is 5.43. The van der Waals surface area contributed by atoms with E-state index in [4.69, 9.17) is 4.42 Å². The van der Waals surface area contributed by atoms with E-state index in [1.54, 1.807) is 18.9 Å². The summed E-state index contributed by atoms with van der Waals surface area (Å²) in [6, 6.07) is 14.3. The van der Waals surface area contributed by atoms with E-state index in [1.807, 2.05) is 22.9 Å². The predicted molar refractivity (Wildman–Crippen MR) is 74.4 cm³/mol. The molecule has 0 fully saturated rings. The largest absolute Gasteiger partial charge is 0.468 e. The number of hydrogen-bond donors (Lipinski definition) is 0. The molecule has 0 amide bonds. The standard InChI is InChI=1S/C15H16N4O/c1-2-5-14(6-3-1)9-18(10-15-7-4-8-20-15)13-19-12-16-11-17-19/h1-8,11-12H,9-10,13H2. The monoisotopic (exact) mass is 268 g/mol. The molecule has 102 valence electrons. The molecule has 0 unspecified atom stereocenters. The van der Waals surface area contributed by atoms with Crippen molar-refractivity contribution in [3.8, 4) is 0 Å². The van der Waals surface area contributed by atoms with E-state index in [9.17, 15) is 0 Å². The maximum Gasteiger partial charge on any atom is 0.137 e. The van der Waals surface area contributed by atoms with Crippen molar-refractivity contribution in [2.24, 2.45) is 0 Å². The molecule has 2 heterocycles. The Morgan fingerprint density at radius 3 is 2.65 bits per heavy atom. The molecule has 0 aliphatic rings. The zero-order valence-corrected chi connectivity index (χ0v) is 11.1. The first kappa shape index (κ1) is 12.6. The minimum atomic E-state index is 0.676. The molecule has 5 heteroatoms. The lowest BCUT2D eigenvalue weighted by atomic mass is 10.2. The second kappa shape index (κ2) is 6.16.